The predicted octanol–water partition coefficient (Wildman–Crippen LogP) is 1.37. The molecule has 0 spiro atoms. The molecule has 1 atom stereocenters. The third-order valence-electron chi connectivity index (χ3n) is 4.30. The maximum absolute atomic E-state index is 12.1. The Balaban J connectivity index is 1.59. The van der Waals surface area contributed by atoms with Crippen molar-refractivity contribution < 1.29 is 13.8 Å². The SMILES string of the molecule is CS(=O)Cc1ccccc1NC(=O)C(=O)N1CC(C2CC2)C1. The van der Waals surface area contributed by atoms with E-state index in [4.69, 9.17) is 0 Å². The number of hydrogen-bond donors (Lipinski definition) is 1. The number of rotatable bonds is 4. The minimum Gasteiger partial charge on any atom is -0.334 e. The lowest BCUT2D eigenvalue weighted by Crippen LogP contribution is -2.54. The lowest BCUT2D eigenvalue weighted by Gasteiger charge is -2.39. The zero-order chi connectivity index (χ0) is 15.7. The van der Waals surface area contributed by atoms with E-state index in [0.29, 0.717) is 30.4 Å². The Morgan fingerprint density at radius 1 is 1.23 bits per heavy atom. The van der Waals surface area contributed by atoms with Crippen molar-refractivity contribution in [2.75, 3.05) is 24.7 Å². The number of nitrogens with one attached hydrogen (secondary N) is 1. The lowest BCUT2D eigenvalue weighted by atomic mass is 9.94. The monoisotopic (exact) mass is 320 g/mol. The van der Waals surface area contributed by atoms with Crippen LogP contribution in [0.25, 0.3) is 0 Å². The van der Waals surface area contributed by atoms with Crippen LogP contribution in [0.1, 0.15) is 18.4 Å². The Morgan fingerprint density at radius 2 is 1.91 bits per heavy atom. The molecule has 2 amide bonds. The Hall–Kier alpha value is -1.69. The molecule has 3 rings (SSSR count). The molecule has 22 heavy (non-hydrogen) atoms. The molecule has 6 heteroatoms. The molecule has 0 aromatic heterocycles. The molecule has 1 aromatic carbocycles. The molecule has 1 aliphatic heterocycles. The van der Waals surface area contributed by atoms with Crippen LogP contribution < -0.4 is 5.32 Å². The molecule has 1 aromatic rings. The molecule has 1 aliphatic carbocycles. The zero-order valence-corrected chi connectivity index (χ0v) is 13.4. The molecular weight excluding hydrogens is 300 g/mol. The average Bonchev–Trinajstić information content (AvgIpc) is 3.23. The van der Waals surface area contributed by atoms with Gasteiger partial charge in [-0.2, -0.15) is 0 Å². The summed E-state index contributed by atoms with van der Waals surface area (Å²) < 4.78 is 11.4. The van der Waals surface area contributed by atoms with Crippen LogP contribution in [0.5, 0.6) is 0 Å². The van der Waals surface area contributed by atoms with Crippen LogP contribution in [0.4, 0.5) is 5.69 Å². The van der Waals surface area contributed by atoms with Crippen LogP contribution >= 0.6 is 0 Å². The number of para-hydroxylation sites is 1. The highest BCUT2D eigenvalue weighted by Crippen LogP contribution is 2.41. The van der Waals surface area contributed by atoms with Gasteiger partial charge in [-0.3, -0.25) is 13.8 Å². The molecule has 1 saturated carbocycles. The van der Waals surface area contributed by atoms with Crippen LogP contribution in [-0.2, 0) is 26.1 Å². The van der Waals surface area contributed by atoms with E-state index in [1.54, 1.807) is 23.3 Å². The number of likely N-dealkylation sites (tertiary alicyclic amines) is 1. The van der Waals surface area contributed by atoms with Crippen LogP contribution in [-0.4, -0.2) is 40.3 Å². The van der Waals surface area contributed by atoms with Crippen molar-refractivity contribution in [2.45, 2.75) is 18.6 Å². The van der Waals surface area contributed by atoms with Gasteiger partial charge < -0.3 is 10.2 Å². The highest BCUT2D eigenvalue weighted by Gasteiger charge is 2.42. The summed E-state index contributed by atoms with van der Waals surface area (Å²) in [5, 5.41) is 2.66. The molecule has 2 fully saturated rings. The van der Waals surface area contributed by atoms with Gasteiger partial charge in [0.25, 0.3) is 0 Å². The smallest absolute Gasteiger partial charge is 0.313 e. The Bertz CT molecular complexity index is 622. The average molecular weight is 320 g/mol. The number of hydrogen-bond acceptors (Lipinski definition) is 3. The second-order valence-corrected chi connectivity index (χ2v) is 7.57. The molecule has 2 aliphatic rings. The van der Waals surface area contributed by atoms with E-state index in [-0.39, 0.29) is 0 Å². The van der Waals surface area contributed by atoms with E-state index in [1.807, 2.05) is 12.1 Å². The van der Waals surface area contributed by atoms with E-state index < -0.39 is 22.6 Å². The minimum absolute atomic E-state index is 0.359. The third kappa shape index (κ3) is 3.38. The topological polar surface area (TPSA) is 66.5 Å². The first-order valence-electron chi connectivity index (χ1n) is 7.53. The predicted molar refractivity (Wildman–Crippen MR) is 85.6 cm³/mol. The Morgan fingerprint density at radius 3 is 2.55 bits per heavy atom. The molecule has 1 saturated heterocycles. The molecular formula is C16H20N2O3S. The highest BCUT2D eigenvalue weighted by molar-refractivity contribution is 7.83. The van der Waals surface area contributed by atoms with Crippen LogP contribution in [0.15, 0.2) is 24.3 Å². The van der Waals surface area contributed by atoms with Gasteiger partial charge in [0, 0.05) is 35.8 Å². The largest absolute Gasteiger partial charge is 0.334 e. The van der Waals surface area contributed by atoms with E-state index in [9.17, 15) is 13.8 Å². The van der Waals surface area contributed by atoms with Crippen LogP contribution in [0.3, 0.4) is 0 Å². The van der Waals surface area contributed by atoms with E-state index >= 15 is 0 Å². The molecule has 5 nitrogen and oxygen atoms in total. The maximum atomic E-state index is 12.1. The second kappa shape index (κ2) is 6.20. The number of nitrogens with zero attached hydrogens (tertiary/aromatic N) is 1. The summed E-state index contributed by atoms with van der Waals surface area (Å²) in [7, 11) is -1.00. The molecule has 1 unspecified atom stereocenters. The first-order valence-corrected chi connectivity index (χ1v) is 9.25. The molecule has 1 N–H and O–H groups in total. The van der Waals surface area contributed by atoms with Gasteiger partial charge in [0.05, 0.1) is 5.75 Å². The van der Waals surface area contributed by atoms with E-state index in [1.165, 1.54) is 12.8 Å². The highest BCUT2D eigenvalue weighted by atomic mass is 32.2. The van der Waals surface area contributed by atoms with Gasteiger partial charge in [0.15, 0.2) is 0 Å². The van der Waals surface area contributed by atoms with E-state index in [2.05, 4.69) is 5.32 Å². The fraction of sp³-hybridized carbons (Fsp3) is 0.500. The first-order chi connectivity index (χ1) is 10.5. The molecule has 1 heterocycles. The number of benzene rings is 1. The summed E-state index contributed by atoms with van der Waals surface area (Å²) in [4.78, 5) is 25.8. The quantitative estimate of drug-likeness (QED) is 0.852. The first kappa shape index (κ1) is 15.2. The number of anilines is 1. The fourth-order valence-electron chi connectivity index (χ4n) is 2.85. The number of carbonyl (C=O) groups excluding carboxylic acids is 2. The molecule has 118 valence electrons. The van der Waals surface area contributed by atoms with E-state index in [0.717, 1.165) is 11.5 Å². The fourth-order valence-corrected chi connectivity index (χ4v) is 3.54. The van der Waals surface area contributed by atoms with Gasteiger partial charge in [0.1, 0.15) is 0 Å². The number of carbonyl (C=O) groups is 2. The minimum atomic E-state index is -1.00. The normalized spacial score (nSPS) is 19.4. The van der Waals surface area contributed by atoms with Crippen molar-refractivity contribution in [2.24, 2.45) is 11.8 Å². The van der Waals surface area contributed by atoms with Gasteiger partial charge in [-0.15, -0.1) is 0 Å². The van der Waals surface area contributed by atoms with Gasteiger partial charge in [-0.1, -0.05) is 18.2 Å². The number of amides is 2. The van der Waals surface area contributed by atoms with Crippen LogP contribution in [0, 0.1) is 11.8 Å². The Kier molecular flexibility index (Phi) is 4.29. The zero-order valence-electron chi connectivity index (χ0n) is 12.6. The summed E-state index contributed by atoms with van der Waals surface area (Å²) >= 11 is 0. The Labute approximate surface area is 132 Å². The summed E-state index contributed by atoms with van der Waals surface area (Å²) in [5.41, 5.74) is 1.35. The van der Waals surface area contributed by atoms with Crippen molar-refractivity contribution in [3.8, 4) is 0 Å². The van der Waals surface area contributed by atoms with Gasteiger partial charge in [0.2, 0.25) is 0 Å². The van der Waals surface area contributed by atoms with Crippen LogP contribution in [0.2, 0.25) is 0 Å². The second-order valence-electron chi connectivity index (χ2n) is 6.14. The molecule has 0 radical (unpaired) electrons. The van der Waals surface area contributed by atoms with Crippen molar-refractivity contribution >= 4 is 28.3 Å². The molecule has 0 bridgehead atoms. The maximum Gasteiger partial charge on any atom is 0.313 e. The standard InChI is InChI=1S/C16H20N2O3S/c1-22(21)10-12-4-2-3-5-14(12)17-15(19)16(20)18-8-13(9-18)11-6-7-11/h2-5,11,13H,6-10H2,1H3,(H,17,19). The summed E-state index contributed by atoms with van der Waals surface area (Å²) in [6.45, 7) is 1.41. The summed E-state index contributed by atoms with van der Waals surface area (Å²) in [5.74, 6) is 0.643. The van der Waals surface area contributed by atoms with Gasteiger partial charge >= 0.3 is 11.8 Å². The summed E-state index contributed by atoms with van der Waals surface area (Å²) in [6.07, 6.45) is 4.14. The third-order valence-corrected chi connectivity index (χ3v) is 5.02. The van der Waals surface area contributed by atoms with Crippen molar-refractivity contribution in [1.29, 1.82) is 0 Å². The van der Waals surface area contributed by atoms with Gasteiger partial charge in [-0.25, -0.2) is 0 Å². The van der Waals surface area contributed by atoms with Crippen molar-refractivity contribution in [1.82, 2.24) is 4.90 Å². The van der Waals surface area contributed by atoms with Gasteiger partial charge in [-0.05, 0) is 36.3 Å². The van der Waals surface area contributed by atoms with Crippen molar-refractivity contribution in [3.05, 3.63) is 29.8 Å². The summed E-state index contributed by atoms with van der Waals surface area (Å²) in [6, 6.07) is 7.16. The lowest BCUT2D eigenvalue weighted by molar-refractivity contribution is -0.148. The van der Waals surface area contributed by atoms with Crippen molar-refractivity contribution in [3.63, 3.8) is 0 Å².